The van der Waals surface area contributed by atoms with Gasteiger partial charge >= 0.3 is 5.97 Å². The van der Waals surface area contributed by atoms with Crippen molar-refractivity contribution >= 4 is 35.1 Å². The molecule has 0 saturated carbocycles. The van der Waals surface area contributed by atoms with Gasteiger partial charge in [-0.3, -0.25) is 9.59 Å². The molecule has 8 heteroatoms. The first kappa shape index (κ1) is 23.8. The van der Waals surface area contributed by atoms with Crippen LogP contribution in [0.3, 0.4) is 0 Å². The molecular weight excluding hydrogens is 444 g/mol. The van der Waals surface area contributed by atoms with E-state index in [2.05, 4.69) is 10.6 Å². The third-order valence-corrected chi connectivity index (χ3v) is 5.03. The van der Waals surface area contributed by atoms with Crippen molar-refractivity contribution in [2.24, 2.45) is 0 Å². The molecule has 7 nitrogen and oxygen atoms in total. The van der Waals surface area contributed by atoms with Crippen molar-refractivity contribution in [3.8, 4) is 5.75 Å². The summed E-state index contributed by atoms with van der Waals surface area (Å²) < 4.78 is 10.6. The molecule has 0 radical (unpaired) electrons. The largest absolute Gasteiger partial charge is 0.495 e. The first-order valence-electron chi connectivity index (χ1n) is 10.1. The summed E-state index contributed by atoms with van der Waals surface area (Å²) in [5.74, 6) is -1.29. The summed E-state index contributed by atoms with van der Waals surface area (Å²) in [7, 11) is 1.49. The van der Waals surface area contributed by atoms with Crippen LogP contribution < -0.4 is 15.4 Å². The molecule has 0 aromatic heterocycles. The highest BCUT2D eigenvalue weighted by Crippen LogP contribution is 2.28. The smallest absolute Gasteiger partial charge is 0.329 e. The molecule has 2 atom stereocenters. The monoisotopic (exact) mass is 466 g/mol. The average molecular weight is 467 g/mol. The zero-order chi connectivity index (χ0) is 23.8. The first-order valence-corrected chi connectivity index (χ1v) is 10.5. The summed E-state index contributed by atoms with van der Waals surface area (Å²) in [6.07, 6.45) is -1.24. The van der Waals surface area contributed by atoms with Gasteiger partial charge in [-0.1, -0.05) is 60.1 Å². The fraction of sp³-hybridized carbons (Fsp3) is 0.160. The number of carbonyl (C=O) groups is 3. The maximum atomic E-state index is 13.0. The van der Waals surface area contributed by atoms with Gasteiger partial charge in [0, 0.05) is 16.8 Å². The van der Waals surface area contributed by atoms with E-state index in [9.17, 15) is 14.4 Å². The Bertz CT molecular complexity index is 1120. The van der Waals surface area contributed by atoms with Gasteiger partial charge in [0.2, 0.25) is 6.10 Å². The van der Waals surface area contributed by atoms with Crippen LogP contribution in [0, 0.1) is 0 Å². The number of hydrogen-bond acceptors (Lipinski definition) is 5. The number of anilines is 1. The van der Waals surface area contributed by atoms with Crippen molar-refractivity contribution < 1.29 is 23.9 Å². The first-order chi connectivity index (χ1) is 15.9. The number of nitrogens with one attached hydrogen (secondary N) is 2. The Morgan fingerprint density at radius 2 is 1.55 bits per heavy atom. The molecule has 0 bridgehead atoms. The van der Waals surface area contributed by atoms with Gasteiger partial charge in [-0.25, -0.2) is 4.79 Å². The molecule has 3 aromatic carbocycles. The molecular formula is C25H23ClN2O5. The van der Waals surface area contributed by atoms with Crippen LogP contribution in [0.15, 0.2) is 78.9 Å². The maximum Gasteiger partial charge on any atom is 0.329 e. The summed E-state index contributed by atoms with van der Waals surface area (Å²) >= 11 is 6.13. The van der Waals surface area contributed by atoms with Crippen LogP contribution in [0.5, 0.6) is 5.75 Å². The van der Waals surface area contributed by atoms with E-state index in [0.29, 0.717) is 27.6 Å². The quantitative estimate of drug-likeness (QED) is 0.480. The van der Waals surface area contributed by atoms with Crippen molar-refractivity contribution in [1.29, 1.82) is 0 Å². The normalized spacial score (nSPS) is 12.2. The molecule has 0 fully saturated rings. The van der Waals surface area contributed by atoms with Crippen molar-refractivity contribution in [3.05, 3.63) is 95.0 Å². The van der Waals surface area contributed by atoms with Gasteiger partial charge in [0.15, 0.2) is 0 Å². The second-order valence-electron chi connectivity index (χ2n) is 7.13. The van der Waals surface area contributed by atoms with Gasteiger partial charge in [0.05, 0.1) is 12.1 Å². The predicted octanol–water partition coefficient (Wildman–Crippen LogP) is 4.39. The Labute approximate surface area is 196 Å². The number of benzene rings is 3. The minimum Gasteiger partial charge on any atom is -0.495 e. The van der Waals surface area contributed by atoms with Crippen molar-refractivity contribution in [3.63, 3.8) is 0 Å². The van der Waals surface area contributed by atoms with E-state index in [0.717, 1.165) is 0 Å². The molecule has 33 heavy (non-hydrogen) atoms. The molecule has 0 saturated heterocycles. The number of carbonyl (C=O) groups excluding carboxylic acids is 3. The molecule has 2 N–H and O–H groups in total. The maximum absolute atomic E-state index is 13.0. The Morgan fingerprint density at radius 3 is 2.15 bits per heavy atom. The zero-order valence-corrected chi connectivity index (χ0v) is 18.8. The standard InChI is InChI=1S/C25H23ClN2O5/c1-16(27-23(29)18-11-7-4-8-12-18)25(31)33-22(17-9-5-3-6-10-17)24(30)28-19-13-14-21(32-2)20(26)15-19/h3-16,22H,1-2H3,(H,27,29)(H,28,30). The molecule has 2 amide bonds. The highest BCUT2D eigenvalue weighted by atomic mass is 35.5. The third-order valence-electron chi connectivity index (χ3n) is 4.73. The molecule has 0 heterocycles. The van der Waals surface area contributed by atoms with Gasteiger partial charge in [0.1, 0.15) is 11.8 Å². The van der Waals surface area contributed by atoms with E-state index in [1.54, 1.807) is 72.8 Å². The van der Waals surface area contributed by atoms with Crippen molar-refractivity contribution in [1.82, 2.24) is 5.32 Å². The minimum absolute atomic E-state index is 0.320. The van der Waals surface area contributed by atoms with Gasteiger partial charge in [-0.15, -0.1) is 0 Å². The summed E-state index contributed by atoms with van der Waals surface area (Å²) in [5.41, 5.74) is 1.30. The lowest BCUT2D eigenvalue weighted by Gasteiger charge is -2.21. The molecule has 0 aliphatic heterocycles. The fourth-order valence-corrected chi connectivity index (χ4v) is 3.26. The van der Waals surface area contributed by atoms with Crippen LogP contribution in [0.2, 0.25) is 5.02 Å². The van der Waals surface area contributed by atoms with Crippen LogP contribution in [-0.4, -0.2) is 30.9 Å². The van der Waals surface area contributed by atoms with E-state index in [-0.39, 0.29) is 0 Å². The molecule has 170 valence electrons. The number of hydrogen-bond donors (Lipinski definition) is 2. The van der Waals surface area contributed by atoms with E-state index in [1.165, 1.54) is 20.1 Å². The SMILES string of the molecule is COc1ccc(NC(=O)C(OC(=O)C(C)NC(=O)c2ccccc2)c2ccccc2)cc1Cl. The fourth-order valence-electron chi connectivity index (χ4n) is 3.00. The molecule has 2 unspecified atom stereocenters. The van der Waals surface area contributed by atoms with E-state index in [1.807, 2.05) is 0 Å². The zero-order valence-electron chi connectivity index (χ0n) is 18.1. The second kappa shape index (κ2) is 11.2. The number of esters is 1. The summed E-state index contributed by atoms with van der Waals surface area (Å²) in [5, 5.41) is 5.61. The Morgan fingerprint density at radius 1 is 0.909 bits per heavy atom. The van der Waals surface area contributed by atoms with Gasteiger partial charge in [-0.2, -0.15) is 0 Å². The van der Waals surface area contributed by atoms with Crippen molar-refractivity contribution in [2.45, 2.75) is 19.1 Å². The second-order valence-corrected chi connectivity index (χ2v) is 7.53. The Kier molecular flexibility index (Phi) is 8.05. The predicted molar refractivity (Wildman–Crippen MR) is 125 cm³/mol. The number of ether oxygens (including phenoxy) is 2. The third kappa shape index (κ3) is 6.33. The molecule has 0 aliphatic carbocycles. The number of rotatable bonds is 8. The van der Waals surface area contributed by atoms with Gasteiger partial charge in [-0.05, 0) is 37.3 Å². The molecule has 3 rings (SSSR count). The average Bonchev–Trinajstić information content (AvgIpc) is 2.83. The van der Waals surface area contributed by atoms with Crippen LogP contribution in [-0.2, 0) is 14.3 Å². The van der Waals surface area contributed by atoms with Crippen molar-refractivity contribution in [2.75, 3.05) is 12.4 Å². The van der Waals surface area contributed by atoms with Crippen LogP contribution in [0.1, 0.15) is 28.9 Å². The summed E-state index contributed by atoms with van der Waals surface area (Å²) in [4.78, 5) is 38.1. The Balaban J connectivity index is 1.74. The number of halogens is 1. The highest BCUT2D eigenvalue weighted by Gasteiger charge is 2.28. The number of amides is 2. The highest BCUT2D eigenvalue weighted by molar-refractivity contribution is 6.32. The Hall–Kier alpha value is -3.84. The molecule has 0 spiro atoms. The van der Waals surface area contributed by atoms with E-state index >= 15 is 0 Å². The van der Waals surface area contributed by atoms with Crippen LogP contribution in [0.4, 0.5) is 5.69 Å². The summed E-state index contributed by atoms with van der Waals surface area (Å²) in [6.45, 7) is 1.49. The lowest BCUT2D eigenvalue weighted by atomic mass is 10.1. The number of methoxy groups -OCH3 is 1. The summed E-state index contributed by atoms with van der Waals surface area (Å²) in [6, 6.07) is 20.9. The molecule has 0 aliphatic rings. The van der Waals surface area contributed by atoms with Crippen LogP contribution >= 0.6 is 11.6 Å². The van der Waals surface area contributed by atoms with E-state index in [4.69, 9.17) is 21.1 Å². The molecule has 3 aromatic rings. The van der Waals surface area contributed by atoms with Gasteiger partial charge < -0.3 is 20.1 Å². The topological polar surface area (TPSA) is 93.7 Å². The minimum atomic E-state index is -1.24. The lowest BCUT2D eigenvalue weighted by Crippen LogP contribution is -2.41. The van der Waals surface area contributed by atoms with E-state index < -0.39 is 29.9 Å². The van der Waals surface area contributed by atoms with Crippen LogP contribution in [0.25, 0.3) is 0 Å². The lowest BCUT2D eigenvalue weighted by molar-refractivity contribution is -0.156. The van der Waals surface area contributed by atoms with Gasteiger partial charge in [0.25, 0.3) is 11.8 Å².